The van der Waals surface area contributed by atoms with Crippen LogP contribution in [0.4, 0.5) is 4.39 Å². The summed E-state index contributed by atoms with van der Waals surface area (Å²) >= 11 is 0. The van der Waals surface area contributed by atoms with Gasteiger partial charge < -0.3 is 0 Å². The molecule has 0 aliphatic heterocycles. The van der Waals surface area contributed by atoms with Gasteiger partial charge in [-0.05, 0) is 25.0 Å². The first-order valence-electron chi connectivity index (χ1n) is 3.35. The number of hydrogen-bond acceptors (Lipinski definition) is 1. The summed E-state index contributed by atoms with van der Waals surface area (Å²) in [6, 6.07) is 1.51. The number of rotatable bonds is 1. The van der Waals surface area contributed by atoms with Gasteiger partial charge in [-0.2, -0.15) is 0 Å². The van der Waals surface area contributed by atoms with Gasteiger partial charge in [0.1, 0.15) is 5.82 Å². The molecule has 1 rings (SSSR count). The van der Waals surface area contributed by atoms with Crippen LogP contribution >= 0.6 is 0 Å². The fourth-order valence-electron chi connectivity index (χ4n) is 0.822. The summed E-state index contributed by atoms with van der Waals surface area (Å²) in [7, 11) is 0. The topological polar surface area (TPSA) is 12.9 Å². The molecule has 0 unspecified atom stereocenters. The van der Waals surface area contributed by atoms with Crippen LogP contribution < -0.4 is 0 Å². The summed E-state index contributed by atoms with van der Waals surface area (Å²) in [6.07, 6.45) is 2.34. The maximum absolute atomic E-state index is 12.8. The molecule has 0 saturated carbocycles. The quantitative estimate of drug-likeness (QED) is 0.580. The second-order valence-corrected chi connectivity index (χ2v) is 2.29. The monoisotopic (exact) mass is 139 g/mol. The van der Waals surface area contributed by atoms with Gasteiger partial charge in [-0.3, -0.25) is 4.98 Å². The standard InChI is InChI=1S/C8H10FN/c1-3-8-7(9)4-6(2)5-10-8/h4-5H,3H2,1-2H3. The van der Waals surface area contributed by atoms with Crippen molar-refractivity contribution in [2.45, 2.75) is 20.3 Å². The van der Waals surface area contributed by atoms with Crippen molar-refractivity contribution in [1.29, 1.82) is 0 Å². The van der Waals surface area contributed by atoms with Gasteiger partial charge in [0.25, 0.3) is 0 Å². The Morgan fingerprint density at radius 1 is 1.60 bits per heavy atom. The molecule has 0 aliphatic rings. The molecule has 2 heteroatoms. The third-order valence-corrected chi connectivity index (χ3v) is 1.39. The molecule has 0 amide bonds. The molecule has 0 aromatic carbocycles. The minimum Gasteiger partial charge on any atom is -0.258 e. The highest BCUT2D eigenvalue weighted by atomic mass is 19.1. The van der Waals surface area contributed by atoms with Crippen molar-refractivity contribution in [1.82, 2.24) is 4.98 Å². The highest BCUT2D eigenvalue weighted by molar-refractivity contribution is 5.14. The van der Waals surface area contributed by atoms with Crippen molar-refractivity contribution >= 4 is 0 Å². The number of hydrogen-bond donors (Lipinski definition) is 0. The lowest BCUT2D eigenvalue weighted by Gasteiger charge is -1.97. The molecule has 0 fully saturated rings. The molecule has 0 spiro atoms. The van der Waals surface area contributed by atoms with Crippen LogP contribution in [0, 0.1) is 12.7 Å². The van der Waals surface area contributed by atoms with E-state index in [1.807, 2.05) is 13.8 Å². The van der Waals surface area contributed by atoms with Crippen molar-refractivity contribution in [3.05, 3.63) is 29.3 Å². The normalized spacial score (nSPS) is 9.90. The first-order valence-corrected chi connectivity index (χ1v) is 3.35. The summed E-state index contributed by atoms with van der Waals surface area (Å²) in [5, 5.41) is 0. The van der Waals surface area contributed by atoms with Gasteiger partial charge in [0.15, 0.2) is 0 Å². The second kappa shape index (κ2) is 2.78. The number of nitrogens with zero attached hydrogens (tertiary/aromatic N) is 1. The number of aryl methyl sites for hydroxylation is 2. The van der Waals surface area contributed by atoms with E-state index in [0.29, 0.717) is 12.1 Å². The third-order valence-electron chi connectivity index (χ3n) is 1.39. The molecule has 10 heavy (non-hydrogen) atoms. The Morgan fingerprint density at radius 3 is 2.80 bits per heavy atom. The maximum Gasteiger partial charge on any atom is 0.144 e. The second-order valence-electron chi connectivity index (χ2n) is 2.29. The Labute approximate surface area is 59.9 Å². The molecular formula is C8H10FN. The average Bonchev–Trinajstić information content (AvgIpc) is 1.88. The van der Waals surface area contributed by atoms with Gasteiger partial charge in [0, 0.05) is 6.20 Å². The lowest BCUT2D eigenvalue weighted by molar-refractivity contribution is 0.600. The van der Waals surface area contributed by atoms with Crippen LogP contribution in [-0.2, 0) is 6.42 Å². The fraction of sp³-hybridized carbons (Fsp3) is 0.375. The molecule has 1 heterocycles. The van der Waals surface area contributed by atoms with E-state index >= 15 is 0 Å². The van der Waals surface area contributed by atoms with Crippen LogP contribution in [0.1, 0.15) is 18.2 Å². The summed E-state index contributed by atoms with van der Waals surface area (Å²) in [5.74, 6) is -0.192. The van der Waals surface area contributed by atoms with E-state index in [1.54, 1.807) is 6.20 Å². The van der Waals surface area contributed by atoms with Crippen molar-refractivity contribution in [3.8, 4) is 0 Å². The largest absolute Gasteiger partial charge is 0.258 e. The van der Waals surface area contributed by atoms with Gasteiger partial charge in [-0.15, -0.1) is 0 Å². The minimum atomic E-state index is -0.192. The van der Waals surface area contributed by atoms with Crippen molar-refractivity contribution in [3.63, 3.8) is 0 Å². The summed E-state index contributed by atoms with van der Waals surface area (Å²) in [4.78, 5) is 3.92. The minimum absolute atomic E-state index is 0.192. The predicted octanol–water partition coefficient (Wildman–Crippen LogP) is 2.09. The molecular weight excluding hydrogens is 129 g/mol. The lowest BCUT2D eigenvalue weighted by Crippen LogP contribution is -1.92. The Kier molecular flexibility index (Phi) is 2.00. The van der Waals surface area contributed by atoms with E-state index in [1.165, 1.54) is 6.07 Å². The van der Waals surface area contributed by atoms with E-state index in [9.17, 15) is 4.39 Å². The van der Waals surface area contributed by atoms with Crippen molar-refractivity contribution in [2.75, 3.05) is 0 Å². The van der Waals surface area contributed by atoms with Gasteiger partial charge >= 0.3 is 0 Å². The molecule has 1 aromatic heterocycles. The maximum atomic E-state index is 12.8. The average molecular weight is 139 g/mol. The van der Waals surface area contributed by atoms with Crippen LogP contribution in [0.25, 0.3) is 0 Å². The van der Waals surface area contributed by atoms with E-state index in [-0.39, 0.29) is 5.82 Å². The number of halogens is 1. The molecule has 1 aromatic rings. The predicted molar refractivity (Wildman–Crippen MR) is 38.3 cm³/mol. The van der Waals surface area contributed by atoms with E-state index < -0.39 is 0 Å². The molecule has 0 aliphatic carbocycles. The van der Waals surface area contributed by atoms with E-state index in [2.05, 4.69) is 4.98 Å². The SMILES string of the molecule is CCc1ncc(C)cc1F. The summed E-state index contributed by atoms with van der Waals surface area (Å²) < 4.78 is 12.8. The van der Waals surface area contributed by atoms with Crippen LogP contribution in [-0.4, -0.2) is 4.98 Å². The molecule has 0 bridgehead atoms. The molecule has 0 atom stereocenters. The molecule has 1 nitrogen and oxygen atoms in total. The highest BCUT2D eigenvalue weighted by Crippen LogP contribution is 2.05. The Bertz CT molecular complexity index is 233. The lowest BCUT2D eigenvalue weighted by atomic mass is 10.2. The van der Waals surface area contributed by atoms with E-state index in [0.717, 1.165) is 5.56 Å². The Balaban J connectivity index is 3.07. The first kappa shape index (κ1) is 7.19. The summed E-state index contributed by atoms with van der Waals surface area (Å²) in [6.45, 7) is 3.72. The van der Waals surface area contributed by atoms with Gasteiger partial charge in [0.05, 0.1) is 5.69 Å². The van der Waals surface area contributed by atoms with Crippen LogP contribution in [0.15, 0.2) is 12.3 Å². The fourth-order valence-corrected chi connectivity index (χ4v) is 0.822. The van der Waals surface area contributed by atoms with Gasteiger partial charge in [-0.25, -0.2) is 4.39 Å². The Hall–Kier alpha value is -0.920. The van der Waals surface area contributed by atoms with Gasteiger partial charge in [-0.1, -0.05) is 6.92 Å². The Morgan fingerprint density at radius 2 is 2.30 bits per heavy atom. The van der Waals surface area contributed by atoms with Crippen molar-refractivity contribution < 1.29 is 4.39 Å². The zero-order valence-electron chi connectivity index (χ0n) is 6.19. The highest BCUT2D eigenvalue weighted by Gasteiger charge is 1.99. The van der Waals surface area contributed by atoms with E-state index in [4.69, 9.17) is 0 Å². The van der Waals surface area contributed by atoms with Crippen molar-refractivity contribution in [2.24, 2.45) is 0 Å². The third kappa shape index (κ3) is 1.32. The number of pyridine rings is 1. The number of aromatic nitrogens is 1. The zero-order valence-corrected chi connectivity index (χ0v) is 6.19. The van der Waals surface area contributed by atoms with Crippen LogP contribution in [0.2, 0.25) is 0 Å². The van der Waals surface area contributed by atoms with Crippen LogP contribution in [0.5, 0.6) is 0 Å². The molecule has 0 N–H and O–H groups in total. The van der Waals surface area contributed by atoms with Crippen LogP contribution in [0.3, 0.4) is 0 Å². The molecule has 0 saturated heterocycles. The molecule has 54 valence electrons. The van der Waals surface area contributed by atoms with Gasteiger partial charge in [0.2, 0.25) is 0 Å². The smallest absolute Gasteiger partial charge is 0.144 e. The molecule has 0 radical (unpaired) electrons. The first-order chi connectivity index (χ1) is 4.74. The zero-order chi connectivity index (χ0) is 7.56. The summed E-state index contributed by atoms with van der Waals surface area (Å²) in [5.41, 5.74) is 1.42.